The molecule has 0 saturated carbocycles. The maximum Gasteiger partial charge on any atom is 0.246 e. The molecule has 6 nitrogen and oxygen atoms in total. The van der Waals surface area contributed by atoms with Crippen molar-refractivity contribution in [1.29, 1.82) is 0 Å². The van der Waals surface area contributed by atoms with Crippen LogP contribution in [0.4, 0.5) is 16.0 Å². The molecule has 1 fully saturated rings. The highest BCUT2D eigenvalue weighted by Crippen LogP contribution is 2.18. The van der Waals surface area contributed by atoms with Crippen LogP contribution < -0.4 is 10.2 Å². The second kappa shape index (κ2) is 7.95. The third kappa shape index (κ3) is 4.17. The molecule has 1 aliphatic rings. The first-order valence-electron chi connectivity index (χ1n) is 8.55. The second-order valence-corrected chi connectivity index (χ2v) is 6.16. The molecule has 2 aromatic rings. The van der Waals surface area contributed by atoms with E-state index in [1.54, 1.807) is 6.92 Å². The van der Waals surface area contributed by atoms with Crippen LogP contribution in [0.15, 0.2) is 43.1 Å². The van der Waals surface area contributed by atoms with Crippen molar-refractivity contribution in [3.05, 3.63) is 60.2 Å². The average molecular weight is 355 g/mol. The van der Waals surface area contributed by atoms with Crippen LogP contribution >= 0.6 is 0 Å². The average Bonchev–Trinajstić information content (AvgIpc) is 2.69. The number of halogens is 1. The van der Waals surface area contributed by atoms with Gasteiger partial charge in [0.05, 0.1) is 11.9 Å². The third-order valence-electron chi connectivity index (χ3n) is 4.44. The molecule has 2 heterocycles. The molecule has 3 rings (SSSR count). The van der Waals surface area contributed by atoms with E-state index in [0.29, 0.717) is 31.3 Å². The summed E-state index contributed by atoms with van der Waals surface area (Å²) in [6, 6.07) is 8.22. The number of piperazine rings is 1. The van der Waals surface area contributed by atoms with Crippen LogP contribution in [-0.4, -0.2) is 47.0 Å². The number of anilines is 2. The van der Waals surface area contributed by atoms with Gasteiger partial charge >= 0.3 is 0 Å². The van der Waals surface area contributed by atoms with Crippen molar-refractivity contribution in [2.75, 3.05) is 36.4 Å². The van der Waals surface area contributed by atoms with Gasteiger partial charge in [-0.25, -0.2) is 14.4 Å². The van der Waals surface area contributed by atoms with Crippen molar-refractivity contribution in [3.63, 3.8) is 0 Å². The molecule has 1 saturated heterocycles. The van der Waals surface area contributed by atoms with E-state index in [9.17, 15) is 9.18 Å². The molecule has 7 heteroatoms. The summed E-state index contributed by atoms with van der Waals surface area (Å²) in [4.78, 5) is 23.7. The summed E-state index contributed by atoms with van der Waals surface area (Å²) in [6.07, 6.45) is 2.54. The normalized spacial score (nSPS) is 14.2. The first-order chi connectivity index (χ1) is 12.6. The molecule has 26 heavy (non-hydrogen) atoms. The molecule has 1 aromatic heterocycles. The van der Waals surface area contributed by atoms with E-state index >= 15 is 0 Å². The molecular weight excluding hydrogens is 333 g/mol. The number of rotatable bonds is 5. The van der Waals surface area contributed by atoms with Crippen LogP contribution in [0.3, 0.4) is 0 Å². The van der Waals surface area contributed by atoms with Crippen LogP contribution in [0.2, 0.25) is 0 Å². The summed E-state index contributed by atoms with van der Waals surface area (Å²) in [5, 5.41) is 3.10. The number of hydrogen-bond acceptors (Lipinski definition) is 5. The van der Waals surface area contributed by atoms with E-state index < -0.39 is 5.82 Å². The highest BCUT2D eigenvalue weighted by atomic mass is 19.1. The lowest BCUT2D eigenvalue weighted by Crippen LogP contribution is -2.48. The molecule has 0 unspecified atom stereocenters. The summed E-state index contributed by atoms with van der Waals surface area (Å²) >= 11 is 0. The molecular formula is C19H22FN5O. The van der Waals surface area contributed by atoms with E-state index in [4.69, 9.17) is 0 Å². The van der Waals surface area contributed by atoms with E-state index in [1.807, 2.05) is 17.0 Å². The minimum Gasteiger partial charge on any atom is -0.368 e. The molecule has 0 bridgehead atoms. The van der Waals surface area contributed by atoms with Crippen LogP contribution in [0.1, 0.15) is 11.3 Å². The SMILES string of the molecule is C=CC(=O)N1CCN(c2ccc(CNc3ncc(F)c(C)n3)cc2)CC1. The van der Waals surface area contributed by atoms with E-state index in [0.717, 1.165) is 24.3 Å². The number of nitrogens with zero attached hydrogens (tertiary/aromatic N) is 4. The van der Waals surface area contributed by atoms with Crippen molar-refractivity contribution in [3.8, 4) is 0 Å². The van der Waals surface area contributed by atoms with Gasteiger partial charge in [0.1, 0.15) is 0 Å². The number of carbonyl (C=O) groups is 1. The molecule has 136 valence electrons. The lowest BCUT2D eigenvalue weighted by molar-refractivity contribution is -0.126. The lowest BCUT2D eigenvalue weighted by Gasteiger charge is -2.35. The summed E-state index contributed by atoms with van der Waals surface area (Å²) in [7, 11) is 0. The highest BCUT2D eigenvalue weighted by molar-refractivity contribution is 5.87. The standard InChI is InChI=1S/C19H22FN5O/c1-3-18(26)25-10-8-24(9-11-25)16-6-4-15(5-7-16)12-21-19-22-13-17(20)14(2)23-19/h3-7,13H,1,8-12H2,2H3,(H,21,22,23). The predicted molar refractivity (Wildman–Crippen MR) is 99.5 cm³/mol. The van der Waals surface area contributed by atoms with Gasteiger partial charge in [0.2, 0.25) is 11.9 Å². The Bertz CT molecular complexity index is 785. The van der Waals surface area contributed by atoms with Crippen LogP contribution in [0.25, 0.3) is 0 Å². The Morgan fingerprint density at radius 1 is 1.27 bits per heavy atom. The van der Waals surface area contributed by atoms with Gasteiger partial charge in [-0.15, -0.1) is 0 Å². The van der Waals surface area contributed by atoms with Crippen molar-refractivity contribution in [1.82, 2.24) is 14.9 Å². The fraction of sp³-hybridized carbons (Fsp3) is 0.316. The van der Waals surface area contributed by atoms with E-state index in [-0.39, 0.29) is 5.91 Å². The first-order valence-corrected chi connectivity index (χ1v) is 8.55. The lowest BCUT2D eigenvalue weighted by atomic mass is 10.1. The van der Waals surface area contributed by atoms with E-state index in [2.05, 4.69) is 38.9 Å². The Labute approximate surface area is 152 Å². The van der Waals surface area contributed by atoms with Gasteiger partial charge in [-0.05, 0) is 30.7 Å². The quantitative estimate of drug-likeness (QED) is 0.835. The zero-order valence-corrected chi connectivity index (χ0v) is 14.8. The maximum atomic E-state index is 13.2. The Morgan fingerprint density at radius 2 is 1.96 bits per heavy atom. The summed E-state index contributed by atoms with van der Waals surface area (Å²) in [5.41, 5.74) is 2.54. The summed E-state index contributed by atoms with van der Waals surface area (Å²) in [6.45, 7) is 8.72. The van der Waals surface area contributed by atoms with Crippen molar-refractivity contribution < 1.29 is 9.18 Å². The Morgan fingerprint density at radius 3 is 2.58 bits per heavy atom. The van der Waals surface area contributed by atoms with Gasteiger partial charge in [0.15, 0.2) is 5.82 Å². The fourth-order valence-electron chi connectivity index (χ4n) is 2.86. The maximum absolute atomic E-state index is 13.2. The smallest absolute Gasteiger partial charge is 0.246 e. The van der Waals surface area contributed by atoms with Crippen LogP contribution in [-0.2, 0) is 11.3 Å². The molecule has 0 atom stereocenters. The number of aromatic nitrogens is 2. The minimum absolute atomic E-state index is 0.00989. The third-order valence-corrected chi connectivity index (χ3v) is 4.44. The van der Waals surface area contributed by atoms with Gasteiger partial charge in [-0.3, -0.25) is 4.79 Å². The predicted octanol–water partition coefficient (Wildman–Crippen LogP) is 2.37. The Kier molecular flexibility index (Phi) is 5.46. The van der Waals surface area contributed by atoms with Gasteiger partial charge in [-0.2, -0.15) is 0 Å². The zero-order chi connectivity index (χ0) is 18.5. The number of carbonyl (C=O) groups excluding carboxylic acids is 1. The van der Waals surface area contributed by atoms with Crippen LogP contribution in [0.5, 0.6) is 0 Å². The molecule has 1 aliphatic heterocycles. The van der Waals surface area contributed by atoms with Crippen molar-refractivity contribution in [2.45, 2.75) is 13.5 Å². The summed E-state index contributed by atoms with van der Waals surface area (Å²) in [5.74, 6) is -0.00454. The van der Waals surface area contributed by atoms with Gasteiger partial charge in [-0.1, -0.05) is 18.7 Å². The molecule has 0 aliphatic carbocycles. The van der Waals surface area contributed by atoms with Crippen molar-refractivity contribution in [2.24, 2.45) is 0 Å². The second-order valence-electron chi connectivity index (χ2n) is 6.16. The van der Waals surface area contributed by atoms with Crippen molar-refractivity contribution >= 4 is 17.5 Å². The van der Waals surface area contributed by atoms with Crippen LogP contribution in [0, 0.1) is 12.7 Å². The molecule has 1 N–H and O–H groups in total. The Balaban J connectivity index is 1.54. The zero-order valence-electron chi connectivity index (χ0n) is 14.8. The van der Waals surface area contributed by atoms with E-state index in [1.165, 1.54) is 12.3 Å². The number of hydrogen-bond donors (Lipinski definition) is 1. The van der Waals surface area contributed by atoms with Gasteiger partial charge in [0, 0.05) is 38.4 Å². The van der Waals surface area contributed by atoms with Gasteiger partial charge in [0.25, 0.3) is 0 Å². The molecule has 0 spiro atoms. The topological polar surface area (TPSA) is 61.4 Å². The largest absolute Gasteiger partial charge is 0.368 e. The molecule has 0 radical (unpaired) electrons. The fourth-order valence-corrected chi connectivity index (χ4v) is 2.86. The van der Waals surface area contributed by atoms with Gasteiger partial charge < -0.3 is 15.1 Å². The summed E-state index contributed by atoms with van der Waals surface area (Å²) < 4.78 is 13.2. The number of benzene rings is 1. The number of nitrogens with one attached hydrogen (secondary N) is 1. The molecule has 1 aromatic carbocycles. The number of amides is 1. The Hall–Kier alpha value is -2.96. The minimum atomic E-state index is -0.408. The molecule has 1 amide bonds. The highest BCUT2D eigenvalue weighted by Gasteiger charge is 2.19. The monoisotopic (exact) mass is 355 g/mol. The first kappa shape index (κ1) is 17.8. The number of aryl methyl sites for hydroxylation is 1.